The van der Waals surface area contributed by atoms with Crippen molar-refractivity contribution in [3.63, 3.8) is 0 Å². The zero-order chi connectivity index (χ0) is 19.2. The quantitative estimate of drug-likeness (QED) is 0.632. The monoisotopic (exact) mass is 391 g/mol. The van der Waals surface area contributed by atoms with E-state index in [-0.39, 0.29) is 12.5 Å². The summed E-state index contributed by atoms with van der Waals surface area (Å²) in [7, 11) is 0. The summed E-state index contributed by atoms with van der Waals surface area (Å²) in [6, 6.07) is 6.05. The van der Waals surface area contributed by atoms with E-state index >= 15 is 0 Å². The van der Waals surface area contributed by atoms with Gasteiger partial charge in [0.05, 0.1) is 0 Å². The van der Waals surface area contributed by atoms with E-state index in [1.165, 1.54) is 11.3 Å². The summed E-state index contributed by atoms with van der Waals surface area (Å²) in [6.45, 7) is 10.5. The number of rotatable bonds is 4. The molecule has 148 valence electrons. The Labute approximate surface area is 167 Å². The van der Waals surface area contributed by atoms with Gasteiger partial charge in [0, 0.05) is 56.5 Å². The lowest BCUT2D eigenvalue weighted by Gasteiger charge is -2.38. The van der Waals surface area contributed by atoms with E-state index in [9.17, 15) is 4.79 Å². The summed E-state index contributed by atoms with van der Waals surface area (Å²) in [6.07, 6.45) is 2.22. The molecular formula is C20H30ClN5O. The molecule has 3 rings (SSSR count). The molecule has 1 aromatic rings. The zero-order valence-corrected chi connectivity index (χ0v) is 17.1. The molecule has 0 aliphatic carbocycles. The molecule has 2 fully saturated rings. The predicted octanol–water partition coefficient (Wildman–Crippen LogP) is 2.36. The van der Waals surface area contributed by atoms with E-state index < -0.39 is 0 Å². The fourth-order valence-electron chi connectivity index (χ4n) is 3.72. The van der Waals surface area contributed by atoms with Crippen LogP contribution in [0.25, 0.3) is 0 Å². The van der Waals surface area contributed by atoms with E-state index in [2.05, 4.69) is 40.0 Å². The Morgan fingerprint density at radius 1 is 1.11 bits per heavy atom. The summed E-state index contributed by atoms with van der Waals surface area (Å²) >= 11 is 6.18. The second-order valence-corrected chi connectivity index (χ2v) is 7.60. The number of hydrogen-bond acceptors (Lipinski definition) is 3. The molecular weight excluding hydrogens is 362 g/mol. The highest BCUT2D eigenvalue weighted by molar-refractivity contribution is 6.30. The van der Waals surface area contributed by atoms with Crippen molar-refractivity contribution in [3.05, 3.63) is 28.8 Å². The number of hydrogen-bond donors (Lipinski definition) is 1. The minimum Gasteiger partial charge on any atom is -0.368 e. The number of benzene rings is 1. The van der Waals surface area contributed by atoms with Crippen LogP contribution in [0.5, 0.6) is 0 Å². The second kappa shape index (κ2) is 9.31. The highest BCUT2D eigenvalue weighted by Gasteiger charge is 2.22. The van der Waals surface area contributed by atoms with E-state index in [1.54, 1.807) is 0 Å². The first-order valence-corrected chi connectivity index (χ1v) is 10.3. The lowest BCUT2D eigenvalue weighted by atomic mass is 10.1. The Morgan fingerprint density at radius 3 is 2.48 bits per heavy atom. The molecule has 0 spiro atoms. The van der Waals surface area contributed by atoms with E-state index in [4.69, 9.17) is 11.6 Å². The van der Waals surface area contributed by atoms with E-state index in [0.29, 0.717) is 0 Å². The van der Waals surface area contributed by atoms with Gasteiger partial charge in [0.2, 0.25) is 5.91 Å². The molecule has 0 unspecified atom stereocenters. The van der Waals surface area contributed by atoms with Crippen LogP contribution < -0.4 is 10.2 Å². The fraction of sp³-hybridized carbons (Fsp3) is 0.600. The van der Waals surface area contributed by atoms with Crippen LogP contribution in [0.4, 0.5) is 5.69 Å². The van der Waals surface area contributed by atoms with Crippen LogP contribution in [-0.4, -0.2) is 74.0 Å². The molecule has 7 heteroatoms. The third-order valence-electron chi connectivity index (χ3n) is 5.25. The van der Waals surface area contributed by atoms with Gasteiger partial charge in [0.25, 0.3) is 0 Å². The van der Waals surface area contributed by atoms with Gasteiger partial charge in [-0.15, -0.1) is 0 Å². The third-order valence-corrected chi connectivity index (χ3v) is 5.48. The summed E-state index contributed by atoms with van der Waals surface area (Å²) < 4.78 is 0. The average Bonchev–Trinajstić information content (AvgIpc) is 3.22. The van der Waals surface area contributed by atoms with Gasteiger partial charge in [-0.1, -0.05) is 17.7 Å². The maximum absolute atomic E-state index is 12.3. The predicted molar refractivity (Wildman–Crippen MR) is 112 cm³/mol. The van der Waals surface area contributed by atoms with Crippen LogP contribution in [0.1, 0.15) is 25.3 Å². The molecule has 2 aliphatic rings. The smallest absolute Gasteiger partial charge is 0.244 e. The highest BCUT2D eigenvalue weighted by atomic mass is 35.5. The van der Waals surface area contributed by atoms with Gasteiger partial charge in [-0.3, -0.25) is 4.79 Å². The van der Waals surface area contributed by atoms with Crippen LogP contribution in [0.15, 0.2) is 23.2 Å². The molecule has 0 atom stereocenters. The summed E-state index contributed by atoms with van der Waals surface area (Å²) in [5, 5.41) is 4.11. The number of guanidine groups is 1. The van der Waals surface area contributed by atoms with Crippen molar-refractivity contribution in [1.29, 1.82) is 0 Å². The van der Waals surface area contributed by atoms with Gasteiger partial charge < -0.3 is 20.0 Å². The molecule has 0 saturated carbocycles. The average molecular weight is 392 g/mol. The lowest BCUT2D eigenvalue weighted by Crippen LogP contribution is -2.53. The van der Waals surface area contributed by atoms with Gasteiger partial charge in [-0.05, 0) is 44.4 Å². The number of carbonyl (C=O) groups is 1. The minimum atomic E-state index is 0.135. The van der Waals surface area contributed by atoms with Crippen LogP contribution in [0.2, 0.25) is 5.02 Å². The zero-order valence-electron chi connectivity index (χ0n) is 16.4. The number of amides is 1. The maximum atomic E-state index is 12.3. The summed E-state index contributed by atoms with van der Waals surface area (Å²) in [5.41, 5.74) is 2.44. The van der Waals surface area contributed by atoms with Crippen molar-refractivity contribution in [3.8, 4) is 0 Å². The van der Waals surface area contributed by atoms with Crippen molar-refractivity contribution >= 4 is 29.2 Å². The SMILES string of the molecule is CCNC(=NCC(=O)N1CCCC1)N1CCN(c2cc(Cl)ccc2C)CC1. The molecule has 0 bridgehead atoms. The largest absolute Gasteiger partial charge is 0.368 e. The van der Waals surface area contributed by atoms with Crippen LogP contribution in [-0.2, 0) is 4.79 Å². The maximum Gasteiger partial charge on any atom is 0.244 e. The fourth-order valence-corrected chi connectivity index (χ4v) is 3.88. The molecule has 1 amide bonds. The Hall–Kier alpha value is -1.95. The number of piperazine rings is 1. The number of nitrogens with zero attached hydrogens (tertiary/aromatic N) is 4. The standard InChI is InChI=1S/C20H30ClN5O/c1-3-22-20(23-15-19(27)25-8-4-5-9-25)26-12-10-24(11-13-26)18-14-17(21)7-6-16(18)2/h6-7,14H,3-5,8-13,15H2,1-2H3,(H,22,23). The Balaban J connectivity index is 1.60. The number of aryl methyl sites for hydroxylation is 1. The minimum absolute atomic E-state index is 0.135. The molecule has 0 radical (unpaired) electrons. The van der Waals surface area contributed by atoms with Crippen molar-refractivity contribution in [2.45, 2.75) is 26.7 Å². The summed E-state index contributed by atoms with van der Waals surface area (Å²) in [4.78, 5) is 23.4. The van der Waals surface area contributed by atoms with Crippen molar-refractivity contribution < 1.29 is 4.79 Å². The van der Waals surface area contributed by atoms with Crippen molar-refractivity contribution in [2.75, 3.05) is 57.3 Å². The van der Waals surface area contributed by atoms with Crippen LogP contribution in [0.3, 0.4) is 0 Å². The number of nitrogens with one attached hydrogen (secondary N) is 1. The topological polar surface area (TPSA) is 51.2 Å². The number of likely N-dealkylation sites (tertiary alicyclic amines) is 1. The third kappa shape index (κ3) is 5.06. The molecule has 6 nitrogen and oxygen atoms in total. The Bertz CT molecular complexity index is 679. The van der Waals surface area contributed by atoms with Gasteiger partial charge in [-0.2, -0.15) is 0 Å². The number of anilines is 1. The van der Waals surface area contributed by atoms with Crippen molar-refractivity contribution in [2.24, 2.45) is 4.99 Å². The highest BCUT2D eigenvalue weighted by Crippen LogP contribution is 2.25. The second-order valence-electron chi connectivity index (χ2n) is 7.16. The van der Waals surface area contributed by atoms with Gasteiger partial charge in [-0.25, -0.2) is 4.99 Å². The number of aliphatic imine (C=N–C) groups is 1. The van der Waals surface area contributed by atoms with E-state index in [0.717, 1.165) is 69.6 Å². The van der Waals surface area contributed by atoms with Crippen LogP contribution >= 0.6 is 11.6 Å². The van der Waals surface area contributed by atoms with Gasteiger partial charge in [0.15, 0.2) is 5.96 Å². The molecule has 1 N–H and O–H groups in total. The number of halogens is 1. The molecule has 27 heavy (non-hydrogen) atoms. The normalized spacial score (nSPS) is 18.2. The molecule has 2 aliphatic heterocycles. The molecule has 0 aromatic heterocycles. The van der Waals surface area contributed by atoms with Gasteiger partial charge in [0.1, 0.15) is 6.54 Å². The first kappa shape index (κ1) is 19.8. The van der Waals surface area contributed by atoms with Crippen molar-refractivity contribution in [1.82, 2.24) is 15.1 Å². The lowest BCUT2D eigenvalue weighted by molar-refractivity contribution is -0.128. The summed E-state index contributed by atoms with van der Waals surface area (Å²) in [5.74, 6) is 0.976. The van der Waals surface area contributed by atoms with E-state index in [1.807, 2.05) is 17.0 Å². The Kier molecular flexibility index (Phi) is 6.83. The first-order chi connectivity index (χ1) is 13.1. The molecule has 1 aromatic carbocycles. The van der Waals surface area contributed by atoms with Crippen LogP contribution in [0, 0.1) is 6.92 Å². The first-order valence-electron chi connectivity index (χ1n) is 9.90. The number of carbonyl (C=O) groups excluding carboxylic acids is 1. The molecule has 2 heterocycles. The van der Waals surface area contributed by atoms with Gasteiger partial charge >= 0.3 is 0 Å². The molecule has 2 saturated heterocycles. The Morgan fingerprint density at radius 2 is 1.81 bits per heavy atom.